The van der Waals surface area contributed by atoms with Crippen molar-refractivity contribution in [2.24, 2.45) is 5.92 Å². The molecule has 1 saturated heterocycles. The molecule has 0 saturated carbocycles. The predicted molar refractivity (Wildman–Crippen MR) is 106 cm³/mol. The molecular formula is C22H22ClFO5. The molecule has 7 heteroatoms. The van der Waals surface area contributed by atoms with Gasteiger partial charge in [0.05, 0.1) is 17.2 Å². The number of benzene rings is 2. The van der Waals surface area contributed by atoms with Crippen molar-refractivity contribution in [1.29, 1.82) is 0 Å². The van der Waals surface area contributed by atoms with E-state index in [0.29, 0.717) is 30.6 Å². The highest BCUT2D eigenvalue weighted by Crippen LogP contribution is 2.29. The van der Waals surface area contributed by atoms with E-state index in [2.05, 4.69) is 0 Å². The van der Waals surface area contributed by atoms with E-state index in [0.717, 1.165) is 25.3 Å². The fourth-order valence-electron chi connectivity index (χ4n) is 3.56. The van der Waals surface area contributed by atoms with Crippen LogP contribution in [-0.2, 0) is 4.74 Å². The van der Waals surface area contributed by atoms with Crippen LogP contribution in [0.25, 0.3) is 0 Å². The lowest BCUT2D eigenvalue weighted by atomic mass is 9.90. The predicted octanol–water partition coefficient (Wildman–Crippen LogP) is 4.65. The molecule has 29 heavy (non-hydrogen) atoms. The number of ether oxygens (including phenoxy) is 1. The Morgan fingerprint density at radius 1 is 1.17 bits per heavy atom. The molecule has 0 bridgehead atoms. The van der Waals surface area contributed by atoms with Crippen molar-refractivity contribution in [1.82, 2.24) is 0 Å². The topological polar surface area (TPSA) is 83.8 Å². The third-order valence-electron chi connectivity index (χ3n) is 5.25. The van der Waals surface area contributed by atoms with Crippen molar-refractivity contribution < 1.29 is 28.9 Å². The number of rotatable bonds is 7. The van der Waals surface area contributed by atoms with Gasteiger partial charge in [0.15, 0.2) is 5.78 Å². The molecule has 1 aliphatic rings. The van der Waals surface area contributed by atoms with Crippen LogP contribution in [0.5, 0.6) is 0 Å². The third-order valence-corrected chi connectivity index (χ3v) is 5.50. The normalized spacial score (nSPS) is 15.8. The Balaban J connectivity index is 1.84. The summed E-state index contributed by atoms with van der Waals surface area (Å²) in [5, 5.41) is 20.4. The molecule has 1 aliphatic heterocycles. The molecule has 2 aromatic carbocycles. The second kappa shape index (κ2) is 9.48. The average Bonchev–Trinajstić information content (AvgIpc) is 2.72. The summed E-state index contributed by atoms with van der Waals surface area (Å²) in [5.74, 6) is -2.72. The number of aromatic carboxylic acids is 1. The zero-order valence-electron chi connectivity index (χ0n) is 15.7. The molecule has 0 amide bonds. The van der Waals surface area contributed by atoms with E-state index in [4.69, 9.17) is 16.3 Å². The largest absolute Gasteiger partial charge is 0.478 e. The maximum Gasteiger partial charge on any atom is 0.336 e. The Labute approximate surface area is 173 Å². The minimum atomic E-state index is -1.43. The molecule has 154 valence electrons. The zero-order valence-corrected chi connectivity index (χ0v) is 16.5. The van der Waals surface area contributed by atoms with E-state index in [1.807, 2.05) is 0 Å². The third kappa shape index (κ3) is 5.21. The minimum absolute atomic E-state index is 0.128. The van der Waals surface area contributed by atoms with Crippen molar-refractivity contribution in [3.05, 3.63) is 69.5 Å². The molecule has 1 atom stereocenters. The molecule has 1 unspecified atom stereocenters. The van der Waals surface area contributed by atoms with Crippen molar-refractivity contribution in [2.45, 2.75) is 31.8 Å². The monoisotopic (exact) mass is 420 g/mol. The highest BCUT2D eigenvalue weighted by molar-refractivity contribution is 6.30. The molecule has 0 aromatic heterocycles. The first-order valence-electron chi connectivity index (χ1n) is 9.49. The maximum atomic E-state index is 14.8. The molecule has 2 aromatic rings. The van der Waals surface area contributed by atoms with Crippen LogP contribution in [0.15, 0.2) is 36.4 Å². The standard InChI is InChI=1S/C22H22ClFO5/c23-16-4-2-14(3-5-16)21(26)20-17(22(27)28)11-15(12-18(20)24)19(25)6-1-13-7-9-29-10-8-13/h2-5,11-13,19,25H,1,6-10H2,(H,27,28). The van der Waals surface area contributed by atoms with Gasteiger partial charge in [-0.2, -0.15) is 0 Å². The van der Waals surface area contributed by atoms with E-state index in [1.165, 1.54) is 30.3 Å². The molecule has 0 aliphatic carbocycles. The van der Waals surface area contributed by atoms with Crippen LogP contribution >= 0.6 is 11.6 Å². The van der Waals surface area contributed by atoms with Crippen molar-refractivity contribution in [2.75, 3.05) is 13.2 Å². The summed E-state index contributed by atoms with van der Waals surface area (Å²) >= 11 is 5.80. The van der Waals surface area contributed by atoms with Gasteiger partial charge in [-0.1, -0.05) is 11.6 Å². The van der Waals surface area contributed by atoms with E-state index in [1.54, 1.807) is 0 Å². The first-order valence-corrected chi connectivity index (χ1v) is 9.87. The number of carboxylic acid groups (broad SMARTS) is 1. The molecule has 1 fully saturated rings. The number of aliphatic hydroxyl groups excluding tert-OH is 1. The zero-order chi connectivity index (χ0) is 21.0. The minimum Gasteiger partial charge on any atom is -0.478 e. The highest BCUT2D eigenvalue weighted by Gasteiger charge is 2.25. The summed E-state index contributed by atoms with van der Waals surface area (Å²) in [4.78, 5) is 24.4. The lowest BCUT2D eigenvalue weighted by Crippen LogP contribution is -2.17. The van der Waals surface area contributed by atoms with Crippen LogP contribution < -0.4 is 0 Å². The van der Waals surface area contributed by atoms with Gasteiger partial charge in [-0.25, -0.2) is 9.18 Å². The average molecular weight is 421 g/mol. The fourth-order valence-corrected chi connectivity index (χ4v) is 3.69. The van der Waals surface area contributed by atoms with Gasteiger partial charge in [0.2, 0.25) is 0 Å². The number of carbonyl (C=O) groups excluding carboxylic acids is 1. The van der Waals surface area contributed by atoms with Crippen LogP contribution in [-0.4, -0.2) is 35.2 Å². The number of carboxylic acids is 1. The maximum absolute atomic E-state index is 14.8. The van der Waals surface area contributed by atoms with Crippen LogP contribution in [0.1, 0.15) is 63.6 Å². The van der Waals surface area contributed by atoms with Crippen molar-refractivity contribution >= 4 is 23.4 Å². The van der Waals surface area contributed by atoms with Gasteiger partial charge < -0.3 is 14.9 Å². The number of hydrogen-bond donors (Lipinski definition) is 2. The lowest BCUT2D eigenvalue weighted by molar-refractivity contribution is 0.0568. The number of hydrogen-bond acceptors (Lipinski definition) is 4. The molecule has 1 heterocycles. The summed E-state index contributed by atoms with van der Waals surface area (Å²) in [5.41, 5.74) is -0.714. The first-order chi connectivity index (χ1) is 13.9. The van der Waals surface area contributed by atoms with Crippen LogP contribution in [0.4, 0.5) is 4.39 Å². The Morgan fingerprint density at radius 2 is 1.83 bits per heavy atom. The van der Waals surface area contributed by atoms with Gasteiger partial charge in [0, 0.05) is 23.8 Å². The fraction of sp³-hybridized carbons (Fsp3) is 0.364. The second-order valence-electron chi connectivity index (χ2n) is 7.22. The van der Waals surface area contributed by atoms with E-state index < -0.39 is 34.8 Å². The van der Waals surface area contributed by atoms with E-state index in [9.17, 15) is 24.2 Å². The van der Waals surface area contributed by atoms with Crippen LogP contribution in [0, 0.1) is 11.7 Å². The molecule has 0 spiro atoms. The molecule has 3 rings (SSSR count). The van der Waals surface area contributed by atoms with E-state index in [-0.39, 0.29) is 11.1 Å². The van der Waals surface area contributed by atoms with Gasteiger partial charge in [0.1, 0.15) is 5.82 Å². The Kier molecular flexibility index (Phi) is 7.00. The van der Waals surface area contributed by atoms with Crippen LogP contribution in [0.3, 0.4) is 0 Å². The number of carbonyl (C=O) groups is 2. The van der Waals surface area contributed by atoms with Gasteiger partial charge in [-0.15, -0.1) is 0 Å². The number of aliphatic hydroxyl groups is 1. The summed E-state index contributed by atoms with van der Waals surface area (Å²) in [6.45, 7) is 1.39. The van der Waals surface area contributed by atoms with Crippen LogP contribution in [0.2, 0.25) is 5.02 Å². The van der Waals surface area contributed by atoms with Crippen molar-refractivity contribution in [3.63, 3.8) is 0 Å². The Hall–Kier alpha value is -2.28. The SMILES string of the molecule is O=C(O)c1cc(C(O)CCC2CCOCC2)cc(F)c1C(=O)c1ccc(Cl)cc1. The summed E-state index contributed by atoms with van der Waals surface area (Å²) in [7, 11) is 0. The van der Waals surface area contributed by atoms with Gasteiger partial charge in [-0.3, -0.25) is 4.79 Å². The lowest BCUT2D eigenvalue weighted by Gasteiger charge is -2.23. The summed E-state index contributed by atoms with van der Waals surface area (Å²) in [6, 6.07) is 8.00. The van der Waals surface area contributed by atoms with Gasteiger partial charge in [-0.05, 0) is 73.6 Å². The molecular weight excluding hydrogens is 399 g/mol. The highest BCUT2D eigenvalue weighted by atomic mass is 35.5. The molecule has 2 N–H and O–H groups in total. The Morgan fingerprint density at radius 3 is 2.45 bits per heavy atom. The Bertz CT molecular complexity index is 891. The first kappa shape index (κ1) is 21.4. The van der Waals surface area contributed by atoms with Gasteiger partial charge in [0.25, 0.3) is 0 Å². The van der Waals surface area contributed by atoms with E-state index >= 15 is 0 Å². The smallest absolute Gasteiger partial charge is 0.336 e. The summed E-state index contributed by atoms with van der Waals surface area (Å²) in [6.07, 6.45) is 1.93. The summed E-state index contributed by atoms with van der Waals surface area (Å²) < 4.78 is 20.1. The van der Waals surface area contributed by atoms with Crippen molar-refractivity contribution in [3.8, 4) is 0 Å². The van der Waals surface area contributed by atoms with Gasteiger partial charge >= 0.3 is 5.97 Å². The number of ketones is 1. The second-order valence-corrected chi connectivity index (χ2v) is 7.65. The molecule has 5 nitrogen and oxygen atoms in total. The molecule has 0 radical (unpaired) electrons. The number of halogens is 2. The quantitative estimate of drug-likeness (QED) is 0.637.